The van der Waals surface area contributed by atoms with Crippen molar-refractivity contribution in [2.75, 3.05) is 19.0 Å². The van der Waals surface area contributed by atoms with Crippen LogP contribution in [0.15, 0.2) is 71.6 Å². The topological polar surface area (TPSA) is 42.3 Å². The lowest BCUT2D eigenvalue weighted by atomic mass is 10.0. The maximum absolute atomic E-state index is 14.4. The Labute approximate surface area is 197 Å². The van der Waals surface area contributed by atoms with E-state index in [2.05, 4.69) is 17.6 Å². The van der Waals surface area contributed by atoms with Crippen LogP contribution in [-0.4, -0.2) is 27.1 Å². The van der Waals surface area contributed by atoms with Crippen molar-refractivity contribution in [2.24, 2.45) is 0 Å². The third-order valence-electron chi connectivity index (χ3n) is 6.74. The number of anilines is 1. The Kier molecular flexibility index (Phi) is 6.10. The minimum absolute atomic E-state index is 0.400. The van der Waals surface area contributed by atoms with Gasteiger partial charge in [0.15, 0.2) is 9.84 Å². The Morgan fingerprint density at radius 1 is 0.879 bits per heavy atom. The molecular formula is C28H32N2O2S. The molecule has 4 nitrogen and oxygen atoms in total. The molecule has 0 spiro atoms. The first kappa shape index (κ1) is 23.1. The Morgan fingerprint density at radius 3 is 2.18 bits per heavy atom. The average Bonchev–Trinajstić information content (AvgIpc) is 3.07. The van der Waals surface area contributed by atoms with Gasteiger partial charge in [0.1, 0.15) is 5.25 Å². The fraction of sp³-hybridized carbons (Fsp3) is 0.286. The van der Waals surface area contributed by atoms with Gasteiger partial charge in [0.2, 0.25) is 0 Å². The van der Waals surface area contributed by atoms with E-state index in [0.29, 0.717) is 4.90 Å². The number of aromatic nitrogens is 1. The summed E-state index contributed by atoms with van der Waals surface area (Å²) in [5.41, 5.74) is 6.53. The minimum Gasteiger partial charge on any atom is -0.378 e. The maximum atomic E-state index is 14.4. The minimum atomic E-state index is -3.73. The lowest BCUT2D eigenvalue weighted by Crippen LogP contribution is -2.18. The molecule has 0 amide bonds. The van der Waals surface area contributed by atoms with Gasteiger partial charge in [-0.3, -0.25) is 0 Å². The van der Waals surface area contributed by atoms with Crippen molar-refractivity contribution >= 4 is 26.4 Å². The Bertz CT molecular complexity index is 1410. The van der Waals surface area contributed by atoms with Crippen LogP contribution in [0.25, 0.3) is 10.9 Å². The van der Waals surface area contributed by atoms with Gasteiger partial charge < -0.3 is 9.47 Å². The molecule has 0 aliphatic rings. The van der Waals surface area contributed by atoms with E-state index in [9.17, 15) is 8.42 Å². The summed E-state index contributed by atoms with van der Waals surface area (Å²) in [5, 5.41) is 0.194. The zero-order chi connectivity index (χ0) is 23.9. The molecule has 1 aromatic heterocycles. The number of rotatable bonds is 6. The standard InChI is InChI=1S/C28H32N2O2S/c1-7-30-21(4)27(24-12-8-9-13-25(24)30)28(22-15-17-23(18-16-22)29(5)6)33(31,32)26-14-10-11-19(2)20(26)3/h8-18,28H,7H2,1-6H3. The highest BCUT2D eigenvalue weighted by atomic mass is 32.2. The molecule has 1 atom stereocenters. The molecule has 4 aromatic rings. The predicted molar refractivity (Wildman–Crippen MR) is 138 cm³/mol. The monoisotopic (exact) mass is 460 g/mol. The number of hydrogen-bond donors (Lipinski definition) is 0. The highest BCUT2D eigenvalue weighted by molar-refractivity contribution is 7.92. The quantitative estimate of drug-likeness (QED) is 0.343. The van der Waals surface area contributed by atoms with Gasteiger partial charge in [-0.2, -0.15) is 0 Å². The summed E-state index contributed by atoms with van der Waals surface area (Å²) in [6, 6.07) is 21.6. The number of para-hydroxylation sites is 1. The number of sulfone groups is 1. The second-order valence-electron chi connectivity index (χ2n) is 8.87. The van der Waals surface area contributed by atoms with Crippen molar-refractivity contribution in [3.05, 3.63) is 94.7 Å². The second-order valence-corrected chi connectivity index (χ2v) is 10.9. The molecule has 0 aliphatic carbocycles. The summed E-state index contributed by atoms with van der Waals surface area (Å²) in [7, 11) is 0.240. The summed E-state index contributed by atoms with van der Waals surface area (Å²) in [4.78, 5) is 2.42. The van der Waals surface area contributed by atoms with E-state index in [1.54, 1.807) is 6.07 Å². The van der Waals surface area contributed by atoms with E-state index in [-0.39, 0.29) is 0 Å². The Balaban J connectivity index is 2.07. The maximum Gasteiger partial charge on any atom is 0.189 e. The average molecular weight is 461 g/mol. The molecule has 0 aliphatic heterocycles. The third-order valence-corrected chi connectivity index (χ3v) is 8.93. The zero-order valence-corrected chi connectivity index (χ0v) is 21.1. The van der Waals surface area contributed by atoms with Crippen LogP contribution in [0.3, 0.4) is 0 Å². The first-order chi connectivity index (χ1) is 15.7. The molecule has 5 heteroatoms. The van der Waals surface area contributed by atoms with Crippen molar-refractivity contribution in [3.8, 4) is 0 Å². The van der Waals surface area contributed by atoms with Gasteiger partial charge in [0.05, 0.1) is 4.90 Å². The van der Waals surface area contributed by atoms with Crippen LogP contribution in [-0.2, 0) is 16.4 Å². The van der Waals surface area contributed by atoms with Crippen LogP contribution in [0.1, 0.15) is 40.1 Å². The van der Waals surface area contributed by atoms with Gasteiger partial charge in [-0.05, 0) is 68.7 Å². The number of hydrogen-bond acceptors (Lipinski definition) is 3. The zero-order valence-electron chi connectivity index (χ0n) is 20.3. The smallest absolute Gasteiger partial charge is 0.189 e. The van der Waals surface area contributed by atoms with E-state index < -0.39 is 15.1 Å². The Hall–Kier alpha value is -3.05. The van der Waals surface area contributed by atoms with E-state index in [4.69, 9.17) is 0 Å². The SMILES string of the molecule is CCn1c(C)c(C(c2ccc(N(C)C)cc2)S(=O)(=O)c2cccc(C)c2C)c2ccccc21. The highest BCUT2D eigenvalue weighted by Crippen LogP contribution is 2.42. The van der Waals surface area contributed by atoms with Gasteiger partial charge >= 0.3 is 0 Å². The fourth-order valence-electron chi connectivity index (χ4n) is 4.80. The lowest BCUT2D eigenvalue weighted by Gasteiger charge is -2.22. The number of nitrogens with zero attached hydrogens (tertiary/aromatic N) is 2. The van der Waals surface area contributed by atoms with Crippen molar-refractivity contribution in [2.45, 2.75) is 44.4 Å². The van der Waals surface area contributed by atoms with E-state index in [0.717, 1.165) is 51.1 Å². The van der Waals surface area contributed by atoms with Gasteiger partial charge in [-0.25, -0.2) is 8.42 Å². The van der Waals surface area contributed by atoms with Crippen LogP contribution in [0.2, 0.25) is 0 Å². The highest BCUT2D eigenvalue weighted by Gasteiger charge is 2.36. The second kappa shape index (κ2) is 8.71. The summed E-state index contributed by atoms with van der Waals surface area (Å²) in [5.74, 6) is 0. The molecule has 0 bridgehead atoms. The summed E-state index contributed by atoms with van der Waals surface area (Å²) < 4.78 is 31.0. The van der Waals surface area contributed by atoms with Gasteiger partial charge in [0.25, 0.3) is 0 Å². The van der Waals surface area contributed by atoms with Crippen molar-refractivity contribution < 1.29 is 8.42 Å². The van der Waals surface area contributed by atoms with E-state index in [1.165, 1.54) is 0 Å². The fourth-order valence-corrected chi connectivity index (χ4v) is 7.04. The van der Waals surface area contributed by atoms with Gasteiger partial charge in [-0.15, -0.1) is 0 Å². The number of aryl methyl sites for hydroxylation is 2. The largest absolute Gasteiger partial charge is 0.378 e. The Morgan fingerprint density at radius 2 is 1.55 bits per heavy atom. The van der Waals surface area contributed by atoms with Crippen LogP contribution in [0, 0.1) is 20.8 Å². The number of fused-ring (bicyclic) bond motifs is 1. The van der Waals surface area contributed by atoms with Gasteiger partial charge in [-0.1, -0.05) is 42.5 Å². The van der Waals surface area contributed by atoms with Crippen LogP contribution in [0.4, 0.5) is 5.69 Å². The summed E-state index contributed by atoms with van der Waals surface area (Å²) >= 11 is 0. The third kappa shape index (κ3) is 3.84. The molecule has 0 saturated carbocycles. The summed E-state index contributed by atoms with van der Waals surface area (Å²) in [6.07, 6.45) is 0. The van der Waals surface area contributed by atoms with E-state index >= 15 is 0 Å². The van der Waals surface area contributed by atoms with Crippen LogP contribution < -0.4 is 4.90 Å². The molecule has 1 unspecified atom stereocenters. The van der Waals surface area contributed by atoms with Crippen molar-refractivity contribution in [1.82, 2.24) is 4.57 Å². The molecule has 0 N–H and O–H groups in total. The first-order valence-electron chi connectivity index (χ1n) is 11.3. The molecule has 3 aromatic carbocycles. The van der Waals surface area contributed by atoms with Crippen LogP contribution in [0.5, 0.6) is 0 Å². The molecule has 172 valence electrons. The molecule has 1 heterocycles. The normalized spacial score (nSPS) is 12.8. The van der Waals surface area contributed by atoms with Crippen LogP contribution >= 0.6 is 0 Å². The molecular weight excluding hydrogens is 428 g/mol. The molecule has 33 heavy (non-hydrogen) atoms. The predicted octanol–water partition coefficient (Wildman–Crippen LogP) is 6.22. The molecule has 0 radical (unpaired) electrons. The van der Waals surface area contributed by atoms with Crippen molar-refractivity contribution in [1.29, 1.82) is 0 Å². The first-order valence-corrected chi connectivity index (χ1v) is 12.9. The number of benzene rings is 3. The van der Waals surface area contributed by atoms with E-state index in [1.807, 2.05) is 94.4 Å². The van der Waals surface area contributed by atoms with Gasteiger partial charge in [0, 0.05) is 48.5 Å². The van der Waals surface area contributed by atoms with Crippen molar-refractivity contribution in [3.63, 3.8) is 0 Å². The molecule has 0 saturated heterocycles. The lowest BCUT2D eigenvalue weighted by molar-refractivity contribution is 0.588. The molecule has 4 rings (SSSR count). The molecule has 0 fully saturated rings. The summed E-state index contributed by atoms with van der Waals surface area (Å²) in [6.45, 7) is 8.78.